The lowest BCUT2D eigenvalue weighted by Gasteiger charge is -2.38. The molecule has 0 spiro atoms. The maximum absolute atomic E-state index is 13.7. The summed E-state index contributed by atoms with van der Waals surface area (Å²) >= 11 is 0. The largest absolute Gasteiger partial charge is 0.410 e. The van der Waals surface area contributed by atoms with Crippen LogP contribution < -0.4 is 0 Å². The molecule has 1 aromatic carbocycles. The van der Waals surface area contributed by atoms with Crippen molar-refractivity contribution in [2.75, 3.05) is 26.1 Å². The molecule has 1 N–H and O–H groups in total. The molecule has 0 saturated carbocycles. The molecule has 0 amide bonds. The minimum atomic E-state index is -3.69. The molecule has 1 aromatic rings. The van der Waals surface area contributed by atoms with Gasteiger partial charge in [-0.25, -0.2) is 8.42 Å². The van der Waals surface area contributed by atoms with Crippen molar-refractivity contribution in [3.8, 4) is 0 Å². The number of ether oxygens (including phenoxy) is 4. The Morgan fingerprint density at radius 2 is 1.68 bits per heavy atom. The lowest BCUT2D eigenvalue weighted by molar-refractivity contribution is -0.126. The van der Waals surface area contributed by atoms with E-state index in [-0.39, 0.29) is 71.4 Å². The van der Waals surface area contributed by atoms with Gasteiger partial charge in [0.15, 0.2) is 23.9 Å². The molecule has 0 aromatic heterocycles. The van der Waals surface area contributed by atoms with E-state index in [9.17, 15) is 18.3 Å². The average Bonchev–Trinajstić information content (AvgIpc) is 3.57. The molecule has 3 saturated heterocycles. The number of aliphatic hydroxyl groups is 1. The molecular weight excluding hydrogens is 673 g/mol. The van der Waals surface area contributed by atoms with Crippen LogP contribution in [0.25, 0.3) is 0 Å². The van der Waals surface area contributed by atoms with Gasteiger partial charge in [0.1, 0.15) is 0 Å². The van der Waals surface area contributed by atoms with Gasteiger partial charge >= 0.3 is 0 Å². The number of sulfone groups is 1. The Bertz CT molecular complexity index is 1410. The first-order valence-electron chi connectivity index (χ1n) is 18.4. The quantitative estimate of drug-likeness (QED) is 0.136. The first kappa shape index (κ1) is 41.1. The molecule has 50 heavy (non-hydrogen) atoms. The SMILES string of the molecule is C=C1CC(CCCO)OC1CC[C@H]1C[C@@H](C)C(=C)[C@@H](CC2O[C@H](CC(=O)CO[Si](C)(C)C(C)(C)C)[C@H](OC)[C@H]2CS(=O)(=O)c2ccccc2)O1. The van der Waals surface area contributed by atoms with E-state index in [4.69, 9.17) is 23.4 Å². The van der Waals surface area contributed by atoms with Gasteiger partial charge in [-0.2, -0.15) is 0 Å². The Morgan fingerprint density at radius 3 is 2.32 bits per heavy atom. The van der Waals surface area contributed by atoms with E-state index in [1.807, 2.05) is 0 Å². The van der Waals surface area contributed by atoms with Crippen molar-refractivity contribution >= 4 is 23.9 Å². The summed E-state index contributed by atoms with van der Waals surface area (Å²) in [7, 11) is -4.28. The minimum Gasteiger partial charge on any atom is -0.410 e. The van der Waals surface area contributed by atoms with Gasteiger partial charge in [0.05, 0.1) is 60.0 Å². The van der Waals surface area contributed by atoms with Gasteiger partial charge in [0.25, 0.3) is 0 Å². The average molecular weight is 735 g/mol. The zero-order chi connectivity index (χ0) is 36.9. The molecule has 0 aliphatic carbocycles. The number of carbonyl (C=O) groups is 1. The van der Waals surface area contributed by atoms with E-state index >= 15 is 0 Å². The maximum Gasteiger partial charge on any atom is 0.192 e. The highest BCUT2D eigenvalue weighted by atomic mass is 32.2. The van der Waals surface area contributed by atoms with Gasteiger partial charge in [0.2, 0.25) is 0 Å². The number of hydrogen-bond acceptors (Lipinski definition) is 9. The fraction of sp³-hybridized carbons (Fsp3) is 0.718. The lowest BCUT2D eigenvalue weighted by Crippen LogP contribution is -2.42. The van der Waals surface area contributed by atoms with E-state index < -0.39 is 42.4 Å². The molecule has 3 heterocycles. The Morgan fingerprint density at radius 1 is 1.00 bits per heavy atom. The molecule has 282 valence electrons. The van der Waals surface area contributed by atoms with Gasteiger partial charge in [-0.15, -0.1) is 0 Å². The van der Waals surface area contributed by atoms with Crippen LogP contribution in [-0.2, 0) is 38.0 Å². The molecule has 3 aliphatic rings. The number of methoxy groups -OCH3 is 1. The van der Waals surface area contributed by atoms with Crippen molar-refractivity contribution in [3.05, 3.63) is 54.6 Å². The number of ketones is 1. The Hall–Kier alpha value is -1.70. The predicted octanol–water partition coefficient (Wildman–Crippen LogP) is 6.85. The smallest absolute Gasteiger partial charge is 0.192 e. The molecule has 9 nitrogen and oxygen atoms in total. The Balaban J connectivity index is 1.48. The van der Waals surface area contributed by atoms with Crippen LogP contribution in [-0.4, -0.2) is 96.4 Å². The second-order valence-corrected chi connectivity index (χ2v) is 23.1. The zero-order valence-corrected chi connectivity index (χ0v) is 33.2. The summed E-state index contributed by atoms with van der Waals surface area (Å²) in [6, 6.07) is 8.44. The zero-order valence-electron chi connectivity index (χ0n) is 31.4. The van der Waals surface area contributed by atoms with Crippen LogP contribution in [0.5, 0.6) is 0 Å². The van der Waals surface area contributed by atoms with Crippen LogP contribution in [0.3, 0.4) is 0 Å². The van der Waals surface area contributed by atoms with E-state index in [1.165, 1.54) is 0 Å². The molecule has 0 radical (unpaired) electrons. The standard InChI is InChI=1S/C39H62O9SSi/c1-26-20-31(17-18-34-27(2)21-30(46-34)14-13-19-40)47-35(28(26)3)23-36-33(25-49(42,43)32-15-11-10-12-16-32)38(44-7)37(48-36)22-29(41)24-45-50(8,9)39(4,5)6/h10-12,15-16,26,30-31,33-38,40H,2-3,13-14,17-25H2,1,4-9H3/t26-,30?,31+,33+,34?,35-,36?,37-,38-/m1/s1. The first-order valence-corrected chi connectivity index (χ1v) is 22.9. The number of hydrogen-bond donors (Lipinski definition) is 1. The number of rotatable bonds is 17. The fourth-order valence-corrected chi connectivity index (χ4v) is 9.92. The highest BCUT2D eigenvalue weighted by molar-refractivity contribution is 7.91. The summed E-state index contributed by atoms with van der Waals surface area (Å²) in [6.45, 7) is 21.6. The summed E-state index contributed by atoms with van der Waals surface area (Å²) < 4.78 is 59.2. The molecule has 3 fully saturated rings. The highest BCUT2D eigenvalue weighted by Gasteiger charge is 2.49. The van der Waals surface area contributed by atoms with Crippen molar-refractivity contribution in [2.24, 2.45) is 11.8 Å². The molecule has 3 unspecified atom stereocenters. The first-order chi connectivity index (χ1) is 23.5. The molecule has 11 heteroatoms. The molecule has 4 rings (SSSR count). The summed E-state index contributed by atoms with van der Waals surface area (Å²) in [5, 5.41) is 9.18. The van der Waals surface area contributed by atoms with E-state index in [1.54, 1.807) is 37.4 Å². The Labute approximate surface area is 302 Å². The normalized spacial score (nSPS) is 31.0. The van der Waals surface area contributed by atoms with Crippen LogP contribution in [0.4, 0.5) is 0 Å². The second kappa shape index (κ2) is 17.4. The molecule has 3 aliphatic heterocycles. The van der Waals surface area contributed by atoms with Gasteiger partial charge in [-0.05, 0) is 85.9 Å². The van der Waals surface area contributed by atoms with Crippen molar-refractivity contribution in [1.29, 1.82) is 0 Å². The summed E-state index contributed by atoms with van der Waals surface area (Å²) in [5.41, 5.74) is 2.07. The van der Waals surface area contributed by atoms with Gasteiger partial charge < -0.3 is 28.5 Å². The Kier molecular flexibility index (Phi) is 14.3. The number of aliphatic hydroxyl groups excluding tert-OH is 1. The van der Waals surface area contributed by atoms with Crippen LogP contribution in [0.15, 0.2) is 59.5 Å². The van der Waals surface area contributed by atoms with E-state index in [0.29, 0.717) is 6.42 Å². The topological polar surface area (TPSA) is 118 Å². The number of carbonyl (C=O) groups excluding carboxylic acids is 1. The van der Waals surface area contributed by atoms with Crippen molar-refractivity contribution in [2.45, 2.75) is 145 Å². The van der Waals surface area contributed by atoms with Crippen molar-refractivity contribution in [1.82, 2.24) is 0 Å². The number of Topliss-reactive ketones (excluding diaryl/α,β-unsaturated/α-hetero) is 1. The minimum absolute atomic E-state index is 0.00845. The third-order valence-electron chi connectivity index (χ3n) is 11.4. The van der Waals surface area contributed by atoms with Gasteiger partial charge in [-0.3, -0.25) is 4.79 Å². The molecule has 0 bridgehead atoms. The fourth-order valence-electron chi connectivity index (χ4n) is 7.29. The summed E-state index contributed by atoms with van der Waals surface area (Å²) in [4.78, 5) is 13.6. The van der Waals surface area contributed by atoms with Crippen molar-refractivity contribution < 1.29 is 41.7 Å². The van der Waals surface area contributed by atoms with Gasteiger partial charge in [0, 0.05) is 32.5 Å². The monoisotopic (exact) mass is 734 g/mol. The van der Waals surface area contributed by atoms with Crippen LogP contribution in [0.1, 0.15) is 79.1 Å². The number of benzene rings is 1. The summed E-state index contributed by atoms with van der Waals surface area (Å²) in [6.07, 6.45) is 3.26. The lowest BCUT2D eigenvalue weighted by atomic mass is 9.83. The van der Waals surface area contributed by atoms with Crippen LogP contribution in [0, 0.1) is 11.8 Å². The summed E-state index contributed by atoms with van der Waals surface area (Å²) in [5.74, 6) is -0.585. The van der Waals surface area contributed by atoms with E-state index in [0.717, 1.165) is 49.7 Å². The highest BCUT2D eigenvalue weighted by Crippen LogP contribution is 2.41. The maximum atomic E-state index is 13.7. The van der Waals surface area contributed by atoms with E-state index in [2.05, 4.69) is 53.9 Å². The molecule has 9 atom stereocenters. The second-order valence-electron chi connectivity index (χ2n) is 16.2. The molecular formula is C39H62O9SSi. The van der Waals surface area contributed by atoms with Crippen molar-refractivity contribution in [3.63, 3.8) is 0 Å². The third-order valence-corrected chi connectivity index (χ3v) is 17.7. The predicted molar refractivity (Wildman–Crippen MR) is 198 cm³/mol. The van der Waals surface area contributed by atoms with Crippen LogP contribution >= 0.6 is 0 Å². The van der Waals surface area contributed by atoms with Crippen LogP contribution in [0.2, 0.25) is 18.1 Å². The third kappa shape index (κ3) is 10.5. The van der Waals surface area contributed by atoms with Gasteiger partial charge in [-0.1, -0.05) is 59.1 Å².